The number of nitrogens with zero attached hydrogens (tertiary/aromatic N) is 5. The molecule has 0 spiro atoms. The molecule has 27 heavy (non-hydrogen) atoms. The Balaban J connectivity index is 2.13. The molecule has 10 nitrogen and oxygen atoms in total. The average Bonchev–Trinajstić information content (AvgIpc) is 2.67. The van der Waals surface area contributed by atoms with Crippen molar-refractivity contribution < 1.29 is 14.8 Å². The first-order chi connectivity index (χ1) is 12.8. The summed E-state index contributed by atoms with van der Waals surface area (Å²) in [5.41, 5.74) is 4.57. The molecule has 0 bridgehead atoms. The lowest BCUT2D eigenvalue weighted by Crippen LogP contribution is -2.51. The lowest BCUT2D eigenvalue weighted by atomic mass is 9.70. The molecule has 0 aromatic carbocycles. The van der Waals surface area contributed by atoms with Crippen LogP contribution in [0.25, 0.3) is 0 Å². The Kier molecular flexibility index (Phi) is 6.89. The first kappa shape index (κ1) is 20.8. The van der Waals surface area contributed by atoms with Crippen LogP contribution in [-0.2, 0) is 16.0 Å². The van der Waals surface area contributed by atoms with Gasteiger partial charge in [-0.2, -0.15) is 15.0 Å². The van der Waals surface area contributed by atoms with E-state index in [0.717, 1.165) is 12.8 Å². The number of aromatic nitrogens is 3. The van der Waals surface area contributed by atoms with Gasteiger partial charge in [0.2, 0.25) is 24.2 Å². The first-order valence-electron chi connectivity index (χ1n) is 9.19. The molecule has 2 amide bonds. The molecular formula is C17H29N7O3. The number of hydroxylamine groups is 2. The van der Waals surface area contributed by atoms with Crippen LogP contribution in [0.2, 0.25) is 0 Å². The number of rotatable bonds is 8. The molecule has 0 atom stereocenters. The van der Waals surface area contributed by atoms with Crippen molar-refractivity contribution in [1.29, 1.82) is 0 Å². The highest BCUT2D eigenvalue weighted by Gasteiger charge is 2.42. The molecule has 0 aliphatic heterocycles. The Hall–Kier alpha value is -2.49. The number of anilines is 2. The summed E-state index contributed by atoms with van der Waals surface area (Å²) in [5, 5.41) is 10.2. The Morgan fingerprint density at radius 1 is 1.30 bits per heavy atom. The minimum Gasteiger partial charge on any atom is -0.347 e. The van der Waals surface area contributed by atoms with Gasteiger partial charge in [0.15, 0.2) is 0 Å². The van der Waals surface area contributed by atoms with Gasteiger partial charge >= 0.3 is 0 Å². The summed E-state index contributed by atoms with van der Waals surface area (Å²) in [5.74, 6) is 1.56. The number of amides is 2. The summed E-state index contributed by atoms with van der Waals surface area (Å²) in [4.78, 5) is 38.4. The lowest BCUT2D eigenvalue weighted by molar-refractivity contribution is -0.163. The summed E-state index contributed by atoms with van der Waals surface area (Å²) in [6.45, 7) is 4.03. The van der Waals surface area contributed by atoms with Gasteiger partial charge in [-0.15, -0.1) is 0 Å². The predicted molar refractivity (Wildman–Crippen MR) is 99.9 cm³/mol. The van der Waals surface area contributed by atoms with E-state index in [0.29, 0.717) is 48.4 Å². The highest BCUT2D eigenvalue weighted by atomic mass is 16.5. The largest absolute Gasteiger partial charge is 0.347 e. The Morgan fingerprint density at radius 3 is 2.52 bits per heavy atom. The second-order valence-corrected chi connectivity index (χ2v) is 7.37. The second-order valence-electron chi connectivity index (χ2n) is 7.37. The van der Waals surface area contributed by atoms with E-state index in [2.05, 4.69) is 32.7 Å². The molecular weight excluding hydrogens is 350 g/mol. The molecule has 150 valence electrons. The van der Waals surface area contributed by atoms with Gasteiger partial charge in [-0.3, -0.25) is 25.6 Å². The van der Waals surface area contributed by atoms with Gasteiger partial charge in [-0.05, 0) is 31.6 Å². The molecule has 1 aromatic rings. The molecule has 0 unspecified atom stereocenters. The van der Waals surface area contributed by atoms with Crippen LogP contribution in [0.5, 0.6) is 0 Å². The topological polar surface area (TPSA) is 124 Å². The van der Waals surface area contributed by atoms with Crippen LogP contribution in [-0.4, -0.2) is 58.2 Å². The number of nitrogens with one attached hydrogen (secondary N) is 2. The van der Waals surface area contributed by atoms with Crippen LogP contribution in [0.1, 0.15) is 45.4 Å². The normalized spacial score (nSPS) is 22.0. The van der Waals surface area contributed by atoms with Crippen molar-refractivity contribution in [2.75, 3.05) is 31.0 Å². The zero-order chi connectivity index (χ0) is 20.0. The summed E-state index contributed by atoms with van der Waals surface area (Å²) >= 11 is 0. The van der Waals surface area contributed by atoms with Crippen LogP contribution in [0, 0.1) is 11.3 Å². The fourth-order valence-electron chi connectivity index (χ4n) is 3.19. The van der Waals surface area contributed by atoms with Gasteiger partial charge < -0.3 is 4.90 Å². The van der Waals surface area contributed by atoms with Crippen molar-refractivity contribution in [3.05, 3.63) is 5.82 Å². The van der Waals surface area contributed by atoms with Crippen LogP contribution < -0.4 is 15.8 Å². The van der Waals surface area contributed by atoms with Crippen LogP contribution >= 0.6 is 0 Å². The maximum atomic E-state index is 12.9. The van der Waals surface area contributed by atoms with Crippen LogP contribution in [0.4, 0.5) is 11.9 Å². The molecule has 1 aromatic heterocycles. The third kappa shape index (κ3) is 5.25. The van der Waals surface area contributed by atoms with Crippen LogP contribution in [0.15, 0.2) is 0 Å². The average molecular weight is 379 g/mol. The van der Waals surface area contributed by atoms with Crippen molar-refractivity contribution in [2.45, 2.75) is 46.0 Å². The van der Waals surface area contributed by atoms with Crippen molar-refractivity contribution in [3.63, 3.8) is 0 Å². The van der Waals surface area contributed by atoms with Gasteiger partial charge in [0.1, 0.15) is 5.82 Å². The first-order valence-corrected chi connectivity index (χ1v) is 9.19. The van der Waals surface area contributed by atoms with E-state index in [4.69, 9.17) is 0 Å². The van der Waals surface area contributed by atoms with Crippen molar-refractivity contribution in [2.24, 2.45) is 11.3 Å². The number of aryl methyl sites for hydroxylation is 1. The number of carbonyl (C=O) groups is 2. The lowest BCUT2D eigenvalue weighted by Gasteiger charge is -2.38. The number of hydrogen-bond donors (Lipinski definition) is 3. The van der Waals surface area contributed by atoms with Gasteiger partial charge in [0.25, 0.3) is 0 Å². The Bertz CT molecular complexity index is 660. The van der Waals surface area contributed by atoms with Gasteiger partial charge in [0.05, 0.1) is 12.0 Å². The summed E-state index contributed by atoms with van der Waals surface area (Å²) in [6, 6.07) is 0. The van der Waals surface area contributed by atoms with Gasteiger partial charge in [-0.1, -0.05) is 13.8 Å². The molecule has 1 saturated carbocycles. The smallest absolute Gasteiger partial charge is 0.246 e. The summed E-state index contributed by atoms with van der Waals surface area (Å²) in [7, 11) is 3.65. The standard InChI is InChI=1S/C17H29N7O3/c1-5-13-18-15(20-16(19-13)23(3)4)22-21-14(26)17(10-24(27)11-25)8-6-12(2)7-9-17/h11-12,27H,5-10H2,1-4H3,(H,21,26)(H,18,19,20,22). The number of hydrazine groups is 1. The van der Waals surface area contributed by atoms with Crippen LogP contribution in [0.3, 0.4) is 0 Å². The molecule has 0 saturated heterocycles. The van der Waals surface area contributed by atoms with E-state index in [1.54, 1.807) is 4.90 Å². The van der Waals surface area contributed by atoms with E-state index in [-0.39, 0.29) is 18.4 Å². The van der Waals surface area contributed by atoms with Crippen molar-refractivity contribution in [3.8, 4) is 0 Å². The highest BCUT2D eigenvalue weighted by molar-refractivity contribution is 5.84. The fraction of sp³-hybridized carbons (Fsp3) is 0.706. The quantitative estimate of drug-likeness (QED) is 0.347. The molecule has 1 aliphatic carbocycles. The minimum absolute atomic E-state index is 0.0446. The molecule has 3 N–H and O–H groups in total. The molecule has 0 radical (unpaired) electrons. The van der Waals surface area contributed by atoms with E-state index in [1.807, 2.05) is 21.0 Å². The van der Waals surface area contributed by atoms with E-state index in [1.165, 1.54) is 0 Å². The van der Waals surface area contributed by atoms with Crippen molar-refractivity contribution in [1.82, 2.24) is 25.4 Å². The zero-order valence-electron chi connectivity index (χ0n) is 16.4. The predicted octanol–water partition coefficient (Wildman–Crippen LogP) is 0.987. The molecule has 10 heteroatoms. The summed E-state index contributed by atoms with van der Waals surface area (Å²) < 4.78 is 0. The maximum absolute atomic E-state index is 12.9. The summed E-state index contributed by atoms with van der Waals surface area (Å²) in [6.07, 6.45) is 3.85. The number of carbonyl (C=O) groups excluding carboxylic acids is 2. The number of hydrogen-bond acceptors (Lipinski definition) is 8. The molecule has 2 rings (SSSR count). The molecule has 1 aliphatic rings. The van der Waals surface area contributed by atoms with E-state index >= 15 is 0 Å². The van der Waals surface area contributed by atoms with E-state index < -0.39 is 5.41 Å². The highest BCUT2D eigenvalue weighted by Crippen LogP contribution is 2.39. The Labute approximate surface area is 159 Å². The van der Waals surface area contributed by atoms with E-state index in [9.17, 15) is 14.8 Å². The minimum atomic E-state index is -0.847. The maximum Gasteiger partial charge on any atom is 0.246 e. The van der Waals surface area contributed by atoms with Crippen molar-refractivity contribution >= 4 is 24.2 Å². The van der Waals surface area contributed by atoms with Gasteiger partial charge in [0, 0.05) is 20.5 Å². The van der Waals surface area contributed by atoms with Gasteiger partial charge in [-0.25, -0.2) is 5.06 Å². The zero-order valence-corrected chi connectivity index (χ0v) is 16.4. The SMILES string of the molecule is CCc1nc(NNC(=O)C2(CN(O)C=O)CCC(C)CC2)nc(N(C)C)n1. The Morgan fingerprint density at radius 2 is 1.96 bits per heavy atom. The third-order valence-electron chi connectivity index (χ3n) is 4.97. The second kappa shape index (κ2) is 8.94. The monoisotopic (exact) mass is 379 g/mol. The third-order valence-corrected chi connectivity index (χ3v) is 4.97. The fourth-order valence-corrected chi connectivity index (χ4v) is 3.19. The molecule has 1 heterocycles. The molecule has 1 fully saturated rings.